The van der Waals surface area contributed by atoms with E-state index in [-0.39, 0.29) is 6.10 Å². The Morgan fingerprint density at radius 3 is 1.95 bits per heavy atom. The number of rotatable bonds is 3. The Bertz CT molecular complexity index is 424. The average Bonchev–Trinajstić information content (AvgIpc) is 2.43. The number of aliphatic hydroxyl groups excluding tert-OH is 1. The minimum atomic E-state index is -0.913. The molecule has 2 fully saturated rings. The topological polar surface area (TPSA) is 83.8 Å². The Balaban J connectivity index is 2.09. The molecule has 2 N–H and O–H groups in total. The van der Waals surface area contributed by atoms with Gasteiger partial charge in [-0.1, -0.05) is 40.5 Å². The highest BCUT2D eigenvalue weighted by Crippen LogP contribution is 2.55. The number of aliphatic carboxylic acids is 1. The third kappa shape index (κ3) is 2.56. The largest absolute Gasteiger partial charge is 0.481 e. The number of ether oxygens (including phenoxy) is 1. The molecule has 0 aromatic heterocycles. The maximum absolute atomic E-state index is 12.4. The van der Waals surface area contributed by atoms with Crippen LogP contribution in [-0.2, 0) is 14.3 Å². The lowest BCUT2D eigenvalue weighted by Gasteiger charge is -2.60. The second-order valence-corrected chi connectivity index (χ2v) is 7.70. The summed E-state index contributed by atoms with van der Waals surface area (Å²) in [5.74, 6) is -2.52. The van der Waals surface area contributed by atoms with Crippen molar-refractivity contribution in [1.82, 2.24) is 0 Å². The van der Waals surface area contributed by atoms with Crippen molar-refractivity contribution in [3.63, 3.8) is 0 Å². The van der Waals surface area contributed by atoms with Crippen LogP contribution < -0.4 is 0 Å². The van der Waals surface area contributed by atoms with Crippen LogP contribution in [0.25, 0.3) is 0 Å². The SMILES string of the molecule is CC1(C)C(O)C(C)(C)C1OC(=O)C1CCCCC1C(=O)O. The van der Waals surface area contributed by atoms with Crippen molar-refractivity contribution >= 4 is 11.9 Å². The van der Waals surface area contributed by atoms with Crippen LogP contribution in [-0.4, -0.2) is 34.4 Å². The van der Waals surface area contributed by atoms with Gasteiger partial charge in [0.1, 0.15) is 6.10 Å². The molecule has 0 aromatic rings. The minimum absolute atomic E-state index is 0.385. The third-order valence-corrected chi connectivity index (χ3v) is 5.38. The quantitative estimate of drug-likeness (QED) is 0.780. The molecule has 0 aromatic carbocycles. The summed E-state index contributed by atoms with van der Waals surface area (Å²) in [6.07, 6.45) is 1.90. The zero-order valence-electron chi connectivity index (χ0n) is 13.3. The van der Waals surface area contributed by atoms with Crippen molar-refractivity contribution in [3.05, 3.63) is 0 Å². The molecule has 2 aliphatic rings. The molecule has 120 valence electrons. The summed E-state index contributed by atoms with van der Waals surface area (Å²) >= 11 is 0. The van der Waals surface area contributed by atoms with Crippen molar-refractivity contribution in [2.75, 3.05) is 0 Å². The lowest BCUT2D eigenvalue weighted by Crippen LogP contribution is -2.68. The summed E-state index contributed by atoms with van der Waals surface area (Å²) in [6.45, 7) is 7.49. The van der Waals surface area contributed by atoms with E-state index in [1.165, 1.54) is 0 Å². The van der Waals surface area contributed by atoms with Crippen molar-refractivity contribution in [2.45, 2.75) is 65.6 Å². The number of carbonyl (C=O) groups is 2. The number of carboxylic acid groups (broad SMARTS) is 1. The van der Waals surface area contributed by atoms with Crippen LogP contribution in [0.5, 0.6) is 0 Å². The van der Waals surface area contributed by atoms with Gasteiger partial charge in [0.05, 0.1) is 17.9 Å². The van der Waals surface area contributed by atoms with Crippen LogP contribution in [0.15, 0.2) is 0 Å². The number of esters is 1. The summed E-state index contributed by atoms with van der Waals surface area (Å²) in [5, 5.41) is 19.4. The fourth-order valence-corrected chi connectivity index (χ4v) is 4.32. The zero-order chi connectivity index (χ0) is 16.0. The molecule has 2 unspecified atom stereocenters. The highest BCUT2D eigenvalue weighted by Gasteiger charge is 2.64. The van der Waals surface area contributed by atoms with Gasteiger partial charge in [-0.15, -0.1) is 0 Å². The molecule has 0 aliphatic heterocycles. The van der Waals surface area contributed by atoms with Crippen LogP contribution in [0, 0.1) is 22.7 Å². The van der Waals surface area contributed by atoms with E-state index in [0.29, 0.717) is 12.8 Å². The molecule has 0 saturated heterocycles. The van der Waals surface area contributed by atoms with Gasteiger partial charge in [-0.3, -0.25) is 9.59 Å². The van der Waals surface area contributed by atoms with E-state index >= 15 is 0 Å². The molecule has 0 bridgehead atoms. The second-order valence-electron chi connectivity index (χ2n) is 7.70. The van der Waals surface area contributed by atoms with Gasteiger partial charge in [-0.25, -0.2) is 0 Å². The van der Waals surface area contributed by atoms with Gasteiger partial charge in [0, 0.05) is 10.8 Å². The van der Waals surface area contributed by atoms with Gasteiger partial charge in [0.15, 0.2) is 0 Å². The van der Waals surface area contributed by atoms with Crippen LogP contribution in [0.3, 0.4) is 0 Å². The molecule has 2 aliphatic carbocycles. The first-order valence-corrected chi connectivity index (χ1v) is 7.71. The van der Waals surface area contributed by atoms with E-state index in [0.717, 1.165) is 12.8 Å². The van der Waals surface area contributed by atoms with Gasteiger partial charge >= 0.3 is 11.9 Å². The van der Waals surface area contributed by atoms with E-state index < -0.39 is 40.7 Å². The van der Waals surface area contributed by atoms with Crippen LogP contribution in [0.4, 0.5) is 0 Å². The van der Waals surface area contributed by atoms with Gasteiger partial charge in [0.25, 0.3) is 0 Å². The molecule has 0 radical (unpaired) electrons. The second kappa shape index (κ2) is 5.27. The van der Waals surface area contributed by atoms with Crippen molar-refractivity contribution in [1.29, 1.82) is 0 Å². The number of hydrogen-bond acceptors (Lipinski definition) is 4. The lowest BCUT2D eigenvalue weighted by molar-refractivity contribution is -0.262. The summed E-state index contributed by atoms with van der Waals surface area (Å²) in [5.41, 5.74) is -0.987. The van der Waals surface area contributed by atoms with E-state index in [1.54, 1.807) is 0 Å². The first-order valence-electron chi connectivity index (χ1n) is 7.71. The molecule has 21 heavy (non-hydrogen) atoms. The summed E-state index contributed by atoms with van der Waals surface area (Å²) in [6, 6.07) is 0. The number of aliphatic hydroxyl groups is 1. The molecule has 5 nitrogen and oxygen atoms in total. The Morgan fingerprint density at radius 2 is 1.48 bits per heavy atom. The molecular weight excluding hydrogens is 272 g/mol. The third-order valence-electron chi connectivity index (χ3n) is 5.38. The standard InChI is InChI=1S/C16H26O5/c1-15(2)13(20)16(3,4)14(15)21-12(19)10-8-6-5-7-9(10)11(17)18/h9-10,13-14,20H,5-8H2,1-4H3,(H,17,18). The fraction of sp³-hybridized carbons (Fsp3) is 0.875. The number of carboxylic acids is 1. The highest BCUT2D eigenvalue weighted by atomic mass is 16.6. The van der Waals surface area contributed by atoms with E-state index in [1.807, 2.05) is 27.7 Å². The van der Waals surface area contributed by atoms with E-state index in [2.05, 4.69) is 0 Å². The monoisotopic (exact) mass is 298 g/mol. The summed E-state index contributed by atoms with van der Waals surface area (Å²) in [4.78, 5) is 23.7. The van der Waals surface area contributed by atoms with Crippen molar-refractivity contribution < 1.29 is 24.5 Å². The predicted molar refractivity (Wildman–Crippen MR) is 76.5 cm³/mol. The van der Waals surface area contributed by atoms with Gasteiger partial charge in [0.2, 0.25) is 0 Å². The zero-order valence-corrected chi connectivity index (χ0v) is 13.3. The number of carbonyl (C=O) groups excluding carboxylic acids is 1. The first-order chi connectivity index (χ1) is 9.60. The summed E-state index contributed by atoms with van der Waals surface area (Å²) in [7, 11) is 0. The maximum atomic E-state index is 12.4. The van der Waals surface area contributed by atoms with Crippen LogP contribution >= 0.6 is 0 Å². The fourth-order valence-electron chi connectivity index (χ4n) is 4.32. The molecule has 2 rings (SSSR count). The predicted octanol–water partition coefficient (Wildman–Crippen LogP) is 2.22. The van der Waals surface area contributed by atoms with Gasteiger partial charge in [-0.05, 0) is 12.8 Å². The molecule has 5 heteroatoms. The molecule has 0 amide bonds. The molecule has 0 heterocycles. The normalized spacial score (nSPS) is 37.4. The molecule has 2 saturated carbocycles. The van der Waals surface area contributed by atoms with Gasteiger partial charge in [-0.2, -0.15) is 0 Å². The minimum Gasteiger partial charge on any atom is -0.481 e. The lowest BCUT2D eigenvalue weighted by atomic mass is 9.51. The molecular formula is C16H26O5. The Labute approximate surface area is 125 Å². The van der Waals surface area contributed by atoms with E-state index in [4.69, 9.17) is 4.74 Å². The average molecular weight is 298 g/mol. The van der Waals surface area contributed by atoms with Crippen molar-refractivity contribution in [2.24, 2.45) is 22.7 Å². The van der Waals surface area contributed by atoms with Gasteiger partial charge < -0.3 is 14.9 Å². The maximum Gasteiger partial charge on any atom is 0.310 e. The smallest absolute Gasteiger partial charge is 0.310 e. The van der Waals surface area contributed by atoms with Crippen LogP contribution in [0.2, 0.25) is 0 Å². The van der Waals surface area contributed by atoms with E-state index in [9.17, 15) is 19.8 Å². The van der Waals surface area contributed by atoms with Crippen LogP contribution in [0.1, 0.15) is 53.4 Å². The Kier molecular flexibility index (Phi) is 4.08. The molecule has 0 spiro atoms. The number of hydrogen-bond donors (Lipinski definition) is 2. The first kappa shape index (κ1) is 16.3. The molecule has 2 atom stereocenters. The highest BCUT2D eigenvalue weighted by molar-refractivity contribution is 5.81. The summed E-state index contributed by atoms with van der Waals surface area (Å²) < 4.78 is 5.64. The Morgan fingerprint density at radius 1 is 1.00 bits per heavy atom. The van der Waals surface area contributed by atoms with Crippen molar-refractivity contribution in [3.8, 4) is 0 Å². The Hall–Kier alpha value is -1.10.